The average Bonchev–Trinajstić information content (AvgIpc) is 2.83. The fraction of sp³-hybridized carbons (Fsp3) is 0.692. The summed E-state index contributed by atoms with van der Waals surface area (Å²) >= 11 is 0. The van der Waals surface area contributed by atoms with Crippen LogP contribution in [0.3, 0.4) is 0 Å². The lowest BCUT2D eigenvalue weighted by Gasteiger charge is -2.12. The summed E-state index contributed by atoms with van der Waals surface area (Å²) in [5.74, 6) is -1.83. The van der Waals surface area contributed by atoms with Crippen LogP contribution in [0.15, 0.2) is 0 Å². The van der Waals surface area contributed by atoms with Gasteiger partial charge in [-0.1, -0.05) is 0 Å². The van der Waals surface area contributed by atoms with Crippen molar-refractivity contribution in [3.05, 3.63) is 17.0 Å². The molecule has 20 heavy (non-hydrogen) atoms. The van der Waals surface area contributed by atoms with Gasteiger partial charge >= 0.3 is 6.18 Å². The lowest BCUT2D eigenvalue weighted by Crippen LogP contribution is -2.24. The standard InChI is InChI=1S/C13H17F3N2O2/c1-7-4-5-10(20-7)6-18-9(3)11(8(2)17-18)12(19)13(14,15)16/h7,10H,4-6H2,1-3H3. The van der Waals surface area contributed by atoms with Crippen molar-refractivity contribution in [3.8, 4) is 0 Å². The Morgan fingerprint density at radius 1 is 1.40 bits per heavy atom. The molecule has 2 atom stereocenters. The van der Waals surface area contributed by atoms with Crippen molar-refractivity contribution in [1.29, 1.82) is 0 Å². The van der Waals surface area contributed by atoms with Crippen molar-refractivity contribution in [2.45, 2.75) is 58.5 Å². The fourth-order valence-corrected chi connectivity index (χ4v) is 2.56. The molecule has 0 bridgehead atoms. The number of alkyl halides is 3. The molecule has 0 aliphatic carbocycles. The van der Waals surface area contributed by atoms with Gasteiger partial charge in [-0.2, -0.15) is 18.3 Å². The summed E-state index contributed by atoms with van der Waals surface area (Å²) in [5, 5.41) is 4.05. The molecule has 1 aromatic rings. The highest BCUT2D eigenvalue weighted by Crippen LogP contribution is 2.27. The van der Waals surface area contributed by atoms with Gasteiger partial charge in [0, 0.05) is 5.69 Å². The Morgan fingerprint density at radius 2 is 2.05 bits per heavy atom. The Kier molecular flexibility index (Phi) is 3.90. The van der Waals surface area contributed by atoms with Gasteiger partial charge in [0.2, 0.25) is 0 Å². The normalized spacial score (nSPS) is 23.3. The van der Waals surface area contributed by atoms with Gasteiger partial charge in [-0.25, -0.2) is 0 Å². The van der Waals surface area contributed by atoms with E-state index in [1.807, 2.05) is 6.92 Å². The number of carbonyl (C=O) groups excluding carboxylic acids is 1. The number of halogens is 3. The number of aryl methyl sites for hydroxylation is 1. The summed E-state index contributed by atoms with van der Waals surface area (Å²) in [6.07, 6.45) is -2.99. The predicted molar refractivity (Wildman–Crippen MR) is 65.7 cm³/mol. The minimum Gasteiger partial charge on any atom is -0.373 e. The van der Waals surface area contributed by atoms with Gasteiger partial charge in [0.05, 0.1) is 30.0 Å². The Labute approximate surface area is 114 Å². The number of aromatic nitrogens is 2. The van der Waals surface area contributed by atoms with Crippen LogP contribution in [0.4, 0.5) is 13.2 Å². The zero-order valence-electron chi connectivity index (χ0n) is 11.6. The van der Waals surface area contributed by atoms with E-state index in [9.17, 15) is 18.0 Å². The van der Waals surface area contributed by atoms with Crippen molar-refractivity contribution < 1.29 is 22.7 Å². The van der Waals surface area contributed by atoms with E-state index in [4.69, 9.17) is 4.74 Å². The molecule has 0 saturated carbocycles. The third kappa shape index (κ3) is 2.87. The Morgan fingerprint density at radius 3 is 2.55 bits per heavy atom. The largest absolute Gasteiger partial charge is 0.455 e. The van der Waals surface area contributed by atoms with Crippen LogP contribution < -0.4 is 0 Å². The summed E-state index contributed by atoms with van der Waals surface area (Å²) in [6, 6.07) is 0. The van der Waals surface area contributed by atoms with Crippen molar-refractivity contribution in [1.82, 2.24) is 9.78 Å². The van der Waals surface area contributed by atoms with Gasteiger partial charge in [0.25, 0.3) is 5.78 Å². The molecule has 7 heteroatoms. The number of Topliss-reactive ketones (excluding diaryl/α,β-unsaturated/α-hetero) is 1. The molecule has 1 fully saturated rings. The Bertz CT molecular complexity index is 522. The molecule has 0 aromatic carbocycles. The second-order valence-electron chi connectivity index (χ2n) is 5.20. The molecule has 1 aromatic heterocycles. The lowest BCUT2D eigenvalue weighted by atomic mass is 10.1. The summed E-state index contributed by atoms with van der Waals surface area (Å²) in [7, 11) is 0. The van der Waals surface area contributed by atoms with Crippen LogP contribution in [0.25, 0.3) is 0 Å². The van der Waals surface area contributed by atoms with Gasteiger partial charge in [-0.15, -0.1) is 0 Å². The summed E-state index contributed by atoms with van der Waals surface area (Å²) in [4.78, 5) is 11.4. The van der Waals surface area contributed by atoms with E-state index >= 15 is 0 Å². The highest BCUT2D eigenvalue weighted by Gasteiger charge is 2.42. The molecule has 2 heterocycles. The number of hydrogen-bond donors (Lipinski definition) is 0. The van der Waals surface area contributed by atoms with E-state index in [1.54, 1.807) is 0 Å². The maximum absolute atomic E-state index is 12.5. The molecule has 1 saturated heterocycles. The molecule has 2 unspecified atom stereocenters. The second-order valence-corrected chi connectivity index (χ2v) is 5.20. The summed E-state index contributed by atoms with van der Waals surface area (Å²) < 4.78 is 44.7. The topological polar surface area (TPSA) is 44.1 Å². The zero-order chi connectivity index (χ0) is 15.1. The molecule has 1 aliphatic heterocycles. The molecular weight excluding hydrogens is 273 g/mol. The Hall–Kier alpha value is -1.37. The van der Waals surface area contributed by atoms with Crippen LogP contribution in [0.1, 0.15) is 41.5 Å². The van der Waals surface area contributed by atoms with Gasteiger partial charge in [-0.3, -0.25) is 9.48 Å². The molecule has 0 N–H and O–H groups in total. The van der Waals surface area contributed by atoms with E-state index in [-0.39, 0.29) is 29.2 Å². The minimum absolute atomic E-state index is 0.0585. The van der Waals surface area contributed by atoms with Crippen LogP contribution in [0, 0.1) is 13.8 Å². The van der Waals surface area contributed by atoms with Gasteiger partial charge < -0.3 is 4.74 Å². The average molecular weight is 290 g/mol. The molecule has 4 nitrogen and oxygen atoms in total. The van der Waals surface area contributed by atoms with Gasteiger partial charge in [-0.05, 0) is 33.6 Å². The van der Waals surface area contributed by atoms with Gasteiger partial charge in [0.15, 0.2) is 0 Å². The Balaban J connectivity index is 2.23. The summed E-state index contributed by atoms with van der Waals surface area (Å²) in [5.41, 5.74) is 0.00685. The molecule has 1 aliphatic rings. The third-order valence-electron chi connectivity index (χ3n) is 3.56. The maximum Gasteiger partial charge on any atom is 0.455 e. The smallest absolute Gasteiger partial charge is 0.373 e. The van der Waals surface area contributed by atoms with Crippen LogP contribution in [-0.4, -0.2) is 33.9 Å². The SMILES string of the molecule is Cc1nn(CC2CCC(C)O2)c(C)c1C(=O)C(F)(F)F. The van der Waals surface area contributed by atoms with E-state index in [1.165, 1.54) is 18.5 Å². The molecular formula is C13H17F3N2O2. The van der Waals surface area contributed by atoms with E-state index in [2.05, 4.69) is 5.10 Å². The highest BCUT2D eigenvalue weighted by atomic mass is 19.4. The van der Waals surface area contributed by atoms with Gasteiger partial charge in [0.1, 0.15) is 0 Å². The summed E-state index contributed by atoms with van der Waals surface area (Å²) in [6.45, 7) is 5.24. The zero-order valence-corrected chi connectivity index (χ0v) is 11.6. The van der Waals surface area contributed by atoms with Crippen LogP contribution >= 0.6 is 0 Å². The number of ketones is 1. The van der Waals surface area contributed by atoms with E-state index in [0.29, 0.717) is 6.54 Å². The molecule has 2 rings (SSSR count). The fourth-order valence-electron chi connectivity index (χ4n) is 2.56. The predicted octanol–water partition coefficient (Wildman–Crippen LogP) is 2.81. The number of hydrogen-bond acceptors (Lipinski definition) is 3. The van der Waals surface area contributed by atoms with Crippen molar-refractivity contribution in [2.75, 3.05) is 0 Å². The second kappa shape index (κ2) is 5.20. The van der Waals surface area contributed by atoms with Crippen LogP contribution in [0.2, 0.25) is 0 Å². The molecule has 0 spiro atoms. The van der Waals surface area contributed by atoms with E-state index in [0.717, 1.165) is 12.8 Å². The highest BCUT2D eigenvalue weighted by molar-refractivity contribution is 6.02. The maximum atomic E-state index is 12.5. The molecule has 0 amide bonds. The number of nitrogens with zero attached hydrogens (tertiary/aromatic N) is 2. The first kappa shape index (κ1) is 15.0. The first-order chi connectivity index (χ1) is 9.20. The van der Waals surface area contributed by atoms with E-state index < -0.39 is 12.0 Å². The molecule has 112 valence electrons. The number of carbonyl (C=O) groups is 1. The molecule has 0 radical (unpaired) electrons. The van der Waals surface area contributed by atoms with Crippen molar-refractivity contribution in [3.63, 3.8) is 0 Å². The lowest BCUT2D eigenvalue weighted by molar-refractivity contribution is -0.0886. The van der Waals surface area contributed by atoms with Crippen LogP contribution in [-0.2, 0) is 11.3 Å². The first-order valence-electron chi connectivity index (χ1n) is 6.51. The van der Waals surface area contributed by atoms with Crippen molar-refractivity contribution >= 4 is 5.78 Å². The van der Waals surface area contributed by atoms with Crippen LogP contribution in [0.5, 0.6) is 0 Å². The quantitative estimate of drug-likeness (QED) is 0.804. The number of ether oxygens (including phenoxy) is 1. The monoisotopic (exact) mass is 290 g/mol. The van der Waals surface area contributed by atoms with Crippen molar-refractivity contribution in [2.24, 2.45) is 0 Å². The number of rotatable bonds is 3. The third-order valence-corrected chi connectivity index (χ3v) is 3.56. The minimum atomic E-state index is -4.87. The first-order valence-corrected chi connectivity index (χ1v) is 6.51.